The largest absolute Gasteiger partial charge is 0.481 e. The van der Waals surface area contributed by atoms with Gasteiger partial charge in [0.25, 0.3) is 5.56 Å². The average molecular weight is 338 g/mol. The summed E-state index contributed by atoms with van der Waals surface area (Å²) in [5.41, 5.74) is 0.541. The van der Waals surface area contributed by atoms with Gasteiger partial charge in [-0.05, 0) is 6.92 Å². The predicted octanol–water partition coefficient (Wildman–Crippen LogP) is 0.577. The molecule has 23 heavy (non-hydrogen) atoms. The highest BCUT2D eigenvalue weighted by atomic mass is 32.2. The number of aromatic nitrogens is 4. The number of hydrogen-bond donors (Lipinski definition) is 1. The molecule has 2 aromatic heterocycles. The number of carboxylic acid groups (broad SMARTS) is 1. The Kier molecular flexibility index (Phi) is 4.79. The molecule has 2 aromatic rings. The first kappa shape index (κ1) is 17.1. The molecule has 0 radical (unpaired) electrons. The molecule has 0 unspecified atom stereocenters. The van der Waals surface area contributed by atoms with Crippen molar-refractivity contribution in [1.29, 1.82) is 0 Å². The molecule has 0 aromatic carbocycles. The Hall–Kier alpha value is -2.29. The molecule has 2 heterocycles. The van der Waals surface area contributed by atoms with E-state index in [2.05, 4.69) is 11.6 Å². The van der Waals surface area contributed by atoms with E-state index in [0.717, 1.165) is 10.1 Å². The fourth-order valence-electron chi connectivity index (χ4n) is 2.18. The van der Waals surface area contributed by atoms with E-state index in [1.165, 1.54) is 23.4 Å². The number of imidazole rings is 1. The van der Waals surface area contributed by atoms with Gasteiger partial charge in [0.2, 0.25) is 0 Å². The summed E-state index contributed by atoms with van der Waals surface area (Å²) in [6.45, 7) is 6.05. The van der Waals surface area contributed by atoms with Crippen LogP contribution in [0.4, 0.5) is 0 Å². The summed E-state index contributed by atoms with van der Waals surface area (Å²) in [5.74, 6) is -0.577. The molecule has 0 atom stereocenters. The zero-order valence-electron chi connectivity index (χ0n) is 13.2. The minimum atomic E-state index is -0.900. The van der Waals surface area contributed by atoms with Crippen LogP contribution in [0.15, 0.2) is 26.9 Å². The standard InChI is InChI=1S/C14H18N4O4S/c1-8(2)7-18-10-11(15-13(18)23-6-5-9(19)20)16(3)14(22)17(4)12(10)21/h1,5-7H2,2-4H3,(H,19,20). The second-order valence-corrected chi connectivity index (χ2v) is 6.37. The minimum Gasteiger partial charge on any atom is -0.481 e. The van der Waals surface area contributed by atoms with Crippen LogP contribution in [0, 0.1) is 0 Å². The van der Waals surface area contributed by atoms with Crippen molar-refractivity contribution in [3.63, 3.8) is 0 Å². The summed E-state index contributed by atoms with van der Waals surface area (Å²) in [4.78, 5) is 39.5. The van der Waals surface area contributed by atoms with E-state index < -0.39 is 17.2 Å². The maximum atomic E-state index is 12.5. The second kappa shape index (κ2) is 6.45. The molecule has 124 valence electrons. The molecule has 0 aliphatic carbocycles. The van der Waals surface area contributed by atoms with Crippen molar-refractivity contribution in [3.8, 4) is 0 Å². The number of rotatable bonds is 6. The van der Waals surface area contributed by atoms with Gasteiger partial charge in [0, 0.05) is 26.4 Å². The van der Waals surface area contributed by atoms with E-state index in [-0.39, 0.29) is 12.1 Å². The van der Waals surface area contributed by atoms with Crippen molar-refractivity contribution < 1.29 is 9.90 Å². The Morgan fingerprint density at radius 1 is 1.30 bits per heavy atom. The fraction of sp³-hybridized carbons (Fsp3) is 0.429. The lowest BCUT2D eigenvalue weighted by Gasteiger charge is -2.08. The Morgan fingerprint density at radius 3 is 2.52 bits per heavy atom. The first-order valence-electron chi connectivity index (χ1n) is 6.89. The van der Waals surface area contributed by atoms with Crippen LogP contribution in [0.25, 0.3) is 11.2 Å². The molecule has 9 heteroatoms. The van der Waals surface area contributed by atoms with Crippen LogP contribution in [0.3, 0.4) is 0 Å². The van der Waals surface area contributed by atoms with Gasteiger partial charge in [-0.2, -0.15) is 0 Å². The van der Waals surface area contributed by atoms with Gasteiger partial charge in [-0.1, -0.05) is 23.9 Å². The third-order valence-electron chi connectivity index (χ3n) is 3.29. The van der Waals surface area contributed by atoms with E-state index in [9.17, 15) is 14.4 Å². The molecule has 8 nitrogen and oxygen atoms in total. The molecular formula is C14H18N4O4S. The number of carboxylic acids is 1. The van der Waals surface area contributed by atoms with Crippen LogP contribution in [0.2, 0.25) is 0 Å². The molecule has 0 aliphatic heterocycles. The van der Waals surface area contributed by atoms with Crippen LogP contribution >= 0.6 is 11.8 Å². The molecule has 0 aliphatic rings. The van der Waals surface area contributed by atoms with E-state index in [0.29, 0.717) is 23.0 Å². The Labute approximate surface area is 136 Å². The zero-order valence-corrected chi connectivity index (χ0v) is 14.0. The number of aryl methyl sites for hydroxylation is 1. The number of nitrogens with zero attached hydrogens (tertiary/aromatic N) is 4. The Morgan fingerprint density at radius 2 is 1.96 bits per heavy atom. The van der Waals surface area contributed by atoms with Crippen molar-refractivity contribution in [1.82, 2.24) is 18.7 Å². The summed E-state index contributed by atoms with van der Waals surface area (Å²) < 4.78 is 4.03. The summed E-state index contributed by atoms with van der Waals surface area (Å²) in [6, 6.07) is 0. The predicted molar refractivity (Wildman–Crippen MR) is 88.0 cm³/mol. The zero-order chi connectivity index (χ0) is 17.3. The van der Waals surface area contributed by atoms with Crippen molar-refractivity contribution in [2.75, 3.05) is 5.75 Å². The van der Waals surface area contributed by atoms with Crippen LogP contribution in [-0.4, -0.2) is 35.5 Å². The quantitative estimate of drug-likeness (QED) is 0.611. The number of thioether (sulfide) groups is 1. The van der Waals surface area contributed by atoms with Crippen molar-refractivity contribution >= 4 is 28.9 Å². The lowest BCUT2D eigenvalue weighted by atomic mass is 10.3. The van der Waals surface area contributed by atoms with Gasteiger partial charge >= 0.3 is 11.7 Å². The van der Waals surface area contributed by atoms with Crippen molar-refractivity contribution in [3.05, 3.63) is 33.0 Å². The second-order valence-electron chi connectivity index (χ2n) is 5.31. The first-order chi connectivity index (χ1) is 10.7. The van der Waals surface area contributed by atoms with Gasteiger partial charge in [0.15, 0.2) is 16.3 Å². The third-order valence-corrected chi connectivity index (χ3v) is 4.27. The maximum absolute atomic E-state index is 12.5. The molecule has 0 bridgehead atoms. The molecule has 0 amide bonds. The Bertz CT molecular complexity index is 906. The fourth-order valence-corrected chi connectivity index (χ4v) is 3.10. The molecule has 0 spiro atoms. The topological polar surface area (TPSA) is 99.1 Å². The van der Waals surface area contributed by atoms with E-state index in [1.807, 2.05) is 6.92 Å². The number of allylic oxidation sites excluding steroid dienone is 1. The van der Waals surface area contributed by atoms with Gasteiger partial charge in [-0.25, -0.2) is 9.78 Å². The van der Waals surface area contributed by atoms with Crippen LogP contribution < -0.4 is 11.2 Å². The third kappa shape index (κ3) is 3.24. The van der Waals surface area contributed by atoms with E-state index >= 15 is 0 Å². The molecule has 0 saturated carbocycles. The minimum absolute atomic E-state index is 0.0160. The maximum Gasteiger partial charge on any atom is 0.332 e. The number of hydrogen-bond acceptors (Lipinski definition) is 5. The molecule has 1 N–H and O–H groups in total. The highest BCUT2D eigenvalue weighted by molar-refractivity contribution is 7.99. The highest BCUT2D eigenvalue weighted by Gasteiger charge is 2.19. The first-order valence-corrected chi connectivity index (χ1v) is 7.87. The lowest BCUT2D eigenvalue weighted by molar-refractivity contribution is -0.136. The normalized spacial score (nSPS) is 11.1. The van der Waals surface area contributed by atoms with Gasteiger partial charge in [0.05, 0.1) is 6.42 Å². The molecular weight excluding hydrogens is 320 g/mol. The summed E-state index contributed by atoms with van der Waals surface area (Å²) in [7, 11) is 2.97. The summed E-state index contributed by atoms with van der Waals surface area (Å²) in [5, 5.41) is 9.26. The van der Waals surface area contributed by atoms with Crippen LogP contribution in [0.5, 0.6) is 0 Å². The molecule has 2 rings (SSSR count). The summed E-state index contributed by atoms with van der Waals surface area (Å²) >= 11 is 1.24. The number of aliphatic carboxylic acids is 1. The Balaban J connectivity index is 2.67. The lowest BCUT2D eigenvalue weighted by Crippen LogP contribution is -2.37. The van der Waals surface area contributed by atoms with Crippen LogP contribution in [0.1, 0.15) is 13.3 Å². The monoisotopic (exact) mass is 338 g/mol. The van der Waals surface area contributed by atoms with Gasteiger partial charge in [0.1, 0.15) is 0 Å². The van der Waals surface area contributed by atoms with Gasteiger partial charge in [-0.15, -0.1) is 0 Å². The van der Waals surface area contributed by atoms with E-state index in [1.54, 1.807) is 11.6 Å². The summed E-state index contributed by atoms with van der Waals surface area (Å²) in [6.07, 6.45) is -0.0160. The molecule has 0 saturated heterocycles. The van der Waals surface area contributed by atoms with E-state index in [4.69, 9.17) is 5.11 Å². The van der Waals surface area contributed by atoms with Gasteiger partial charge in [-0.3, -0.25) is 18.7 Å². The van der Waals surface area contributed by atoms with Gasteiger partial charge < -0.3 is 9.67 Å². The molecule has 0 fully saturated rings. The van der Waals surface area contributed by atoms with Crippen molar-refractivity contribution in [2.45, 2.75) is 25.0 Å². The smallest absolute Gasteiger partial charge is 0.332 e. The number of carbonyl (C=O) groups is 1. The average Bonchev–Trinajstić information content (AvgIpc) is 2.81. The highest BCUT2D eigenvalue weighted by Crippen LogP contribution is 2.23. The van der Waals surface area contributed by atoms with Crippen molar-refractivity contribution in [2.24, 2.45) is 14.1 Å². The number of fused-ring (bicyclic) bond motifs is 1. The van der Waals surface area contributed by atoms with Crippen LogP contribution in [-0.2, 0) is 25.4 Å². The SMILES string of the molecule is C=C(C)Cn1c(SCCC(=O)O)nc2c1c(=O)n(C)c(=O)n2C.